The number of halogens is 1. The quantitative estimate of drug-likeness (QED) is 0.681. The van der Waals surface area contributed by atoms with Gasteiger partial charge in [-0.25, -0.2) is 12.8 Å². The van der Waals surface area contributed by atoms with E-state index in [1.807, 2.05) is 0 Å². The van der Waals surface area contributed by atoms with Crippen molar-refractivity contribution in [2.45, 2.75) is 4.90 Å². The number of anilines is 1. The Balaban J connectivity index is 2.27. The van der Waals surface area contributed by atoms with E-state index in [9.17, 15) is 17.6 Å². The number of nitrogens with one attached hydrogen (secondary N) is 2. The fraction of sp³-hybridized carbons (Fsp3) is 0.235. The van der Waals surface area contributed by atoms with Crippen molar-refractivity contribution < 1.29 is 27.1 Å². The maximum absolute atomic E-state index is 13.8. The summed E-state index contributed by atoms with van der Waals surface area (Å²) in [5.74, 6) is -1.33. The van der Waals surface area contributed by atoms with Crippen LogP contribution in [0.4, 0.5) is 10.1 Å². The van der Waals surface area contributed by atoms with Crippen LogP contribution in [0.1, 0.15) is 10.4 Å². The van der Waals surface area contributed by atoms with Crippen molar-refractivity contribution in [3.63, 3.8) is 0 Å². The van der Waals surface area contributed by atoms with Gasteiger partial charge in [-0.05, 0) is 30.3 Å². The molecule has 0 atom stereocenters. The fourth-order valence-electron chi connectivity index (χ4n) is 2.15. The lowest BCUT2D eigenvalue weighted by Gasteiger charge is -2.13. The molecule has 0 aromatic heterocycles. The minimum atomic E-state index is -4.09. The molecule has 1 amide bonds. The van der Waals surface area contributed by atoms with Gasteiger partial charge in [0.25, 0.3) is 15.9 Å². The van der Waals surface area contributed by atoms with Gasteiger partial charge in [0, 0.05) is 13.7 Å². The molecular weight excluding hydrogens is 363 g/mol. The van der Waals surface area contributed by atoms with E-state index >= 15 is 0 Å². The third-order valence-electron chi connectivity index (χ3n) is 3.44. The van der Waals surface area contributed by atoms with Gasteiger partial charge < -0.3 is 14.8 Å². The number of amides is 1. The summed E-state index contributed by atoms with van der Waals surface area (Å²) < 4.78 is 50.8. The molecule has 0 aliphatic carbocycles. The first-order valence-corrected chi connectivity index (χ1v) is 9.10. The number of methoxy groups -OCH3 is 2. The summed E-state index contributed by atoms with van der Waals surface area (Å²) in [5, 5.41) is 2.61. The molecule has 0 saturated heterocycles. The molecule has 26 heavy (non-hydrogen) atoms. The third kappa shape index (κ3) is 4.70. The Morgan fingerprint density at radius 1 is 1.15 bits per heavy atom. The smallest absolute Gasteiger partial charge is 0.262 e. The highest BCUT2D eigenvalue weighted by atomic mass is 32.2. The van der Waals surface area contributed by atoms with Gasteiger partial charge in [-0.2, -0.15) is 0 Å². The molecule has 2 N–H and O–H groups in total. The molecular formula is C17H19FN2O5S. The Hall–Kier alpha value is -2.65. The van der Waals surface area contributed by atoms with Crippen LogP contribution in [-0.2, 0) is 14.8 Å². The van der Waals surface area contributed by atoms with Gasteiger partial charge in [0.1, 0.15) is 0 Å². The second kappa shape index (κ2) is 8.63. The number of carbonyl (C=O) groups excluding carboxylic acids is 1. The molecule has 0 aliphatic rings. The standard InChI is InChI=1S/C17H19FN2O5S/c1-24-10-9-19-17(21)13-5-3-4-6-15(13)20-26(22,23)12-7-8-16(25-2)14(18)11-12/h3-8,11,20H,9-10H2,1-2H3,(H,19,21). The van der Waals surface area contributed by atoms with E-state index in [1.165, 1.54) is 38.5 Å². The summed E-state index contributed by atoms with van der Waals surface area (Å²) >= 11 is 0. The van der Waals surface area contributed by atoms with E-state index < -0.39 is 21.7 Å². The lowest BCUT2D eigenvalue weighted by atomic mass is 10.2. The molecule has 9 heteroatoms. The number of para-hydroxylation sites is 1. The van der Waals surface area contributed by atoms with Crippen molar-refractivity contribution in [2.24, 2.45) is 0 Å². The van der Waals surface area contributed by atoms with Gasteiger partial charge >= 0.3 is 0 Å². The zero-order valence-corrected chi connectivity index (χ0v) is 15.1. The number of rotatable bonds is 8. The van der Waals surface area contributed by atoms with Crippen LogP contribution in [0.3, 0.4) is 0 Å². The number of carbonyl (C=O) groups is 1. The Bertz CT molecular complexity index is 886. The van der Waals surface area contributed by atoms with Gasteiger partial charge in [-0.15, -0.1) is 0 Å². The highest BCUT2D eigenvalue weighted by molar-refractivity contribution is 7.92. The second-order valence-corrected chi connectivity index (χ2v) is 6.88. The predicted octanol–water partition coefficient (Wildman–Crippen LogP) is 2.01. The molecule has 0 saturated carbocycles. The van der Waals surface area contributed by atoms with Gasteiger partial charge in [-0.3, -0.25) is 9.52 Å². The largest absolute Gasteiger partial charge is 0.494 e. The first-order chi connectivity index (χ1) is 12.4. The number of hydrogen-bond acceptors (Lipinski definition) is 5. The van der Waals surface area contributed by atoms with Crippen LogP contribution in [0, 0.1) is 5.82 Å². The summed E-state index contributed by atoms with van der Waals surface area (Å²) in [4.78, 5) is 11.9. The monoisotopic (exact) mass is 382 g/mol. The van der Waals surface area contributed by atoms with E-state index in [0.29, 0.717) is 6.61 Å². The van der Waals surface area contributed by atoms with Crippen molar-refractivity contribution in [1.29, 1.82) is 0 Å². The number of benzene rings is 2. The highest BCUT2D eigenvalue weighted by Crippen LogP contribution is 2.24. The van der Waals surface area contributed by atoms with E-state index in [4.69, 9.17) is 9.47 Å². The molecule has 0 unspecified atom stereocenters. The lowest BCUT2D eigenvalue weighted by molar-refractivity contribution is 0.0938. The topological polar surface area (TPSA) is 93.7 Å². The predicted molar refractivity (Wildman–Crippen MR) is 94.4 cm³/mol. The van der Waals surface area contributed by atoms with Crippen molar-refractivity contribution in [3.8, 4) is 5.75 Å². The number of sulfonamides is 1. The van der Waals surface area contributed by atoms with Crippen LogP contribution in [-0.4, -0.2) is 41.7 Å². The minimum absolute atomic E-state index is 0.0677. The molecule has 0 fully saturated rings. The van der Waals surface area contributed by atoms with E-state index in [-0.39, 0.29) is 28.4 Å². The van der Waals surface area contributed by atoms with Crippen LogP contribution in [0.2, 0.25) is 0 Å². The van der Waals surface area contributed by atoms with Crippen molar-refractivity contribution in [1.82, 2.24) is 5.32 Å². The highest BCUT2D eigenvalue weighted by Gasteiger charge is 2.20. The summed E-state index contributed by atoms with van der Waals surface area (Å²) in [6.07, 6.45) is 0. The minimum Gasteiger partial charge on any atom is -0.494 e. The third-order valence-corrected chi connectivity index (χ3v) is 4.80. The average Bonchev–Trinajstić information content (AvgIpc) is 2.62. The molecule has 0 spiro atoms. The summed E-state index contributed by atoms with van der Waals surface area (Å²) in [6.45, 7) is 0.602. The normalized spacial score (nSPS) is 11.0. The van der Waals surface area contributed by atoms with Crippen LogP contribution >= 0.6 is 0 Å². The van der Waals surface area contributed by atoms with E-state index in [1.54, 1.807) is 12.1 Å². The maximum atomic E-state index is 13.8. The molecule has 2 rings (SSSR count). The number of hydrogen-bond donors (Lipinski definition) is 2. The summed E-state index contributed by atoms with van der Waals surface area (Å²) in [5.41, 5.74) is 0.222. The Morgan fingerprint density at radius 2 is 1.88 bits per heavy atom. The van der Waals surface area contributed by atoms with Gasteiger partial charge in [0.2, 0.25) is 0 Å². The number of ether oxygens (including phenoxy) is 2. The van der Waals surface area contributed by atoms with Gasteiger partial charge in [0.05, 0.1) is 29.9 Å². The summed E-state index contributed by atoms with van der Waals surface area (Å²) in [7, 11) is -1.31. The summed E-state index contributed by atoms with van der Waals surface area (Å²) in [6, 6.07) is 9.40. The van der Waals surface area contributed by atoms with Crippen molar-refractivity contribution in [3.05, 3.63) is 53.8 Å². The molecule has 2 aromatic rings. The molecule has 0 radical (unpaired) electrons. The zero-order valence-electron chi connectivity index (χ0n) is 14.3. The first-order valence-electron chi connectivity index (χ1n) is 7.61. The molecule has 0 heterocycles. The van der Waals surface area contributed by atoms with Crippen LogP contribution in [0.5, 0.6) is 5.75 Å². The Kier molecular flexibility index (Phi) is 6.53. The van der Waals surface area contributed by atoms with Gasteiger partial charge in [-0.1, -0.05) is 12.1 Å². The first kappa shape index (κ1) is 19.7. The molecule has 0 aliphatic heterocycles. The Labute approximate surface area is 151 Å². The second-order valence-electron chi connectivity index (χ2n) is 5.20. The molecule has 0 bridgehead atoms. The van der Waals surface area contributed by atoms with Crippen LogP contribution < -0.4 is 14.8 Å². The van der Waals surface area contributed by atoms with Crippen LogP contribution in [0.25, 0.3) is 0 Å². The van der Waals surface area contributed by atoms with E-state index in [2.05, 4.69) is 10.0 Å². The van der Waals surface area contributed by atoms with Crippen molar-refractivity contribution in [2.75, 3.05) is 32.1 Å². The fourth-order valence-corrected chi connectivity index (χ4v) is 3.24. The molecule has 140 valence electrons. The van der Waals surface area contributed by atoms with Crippen LogP contribution in [0.15, 0.2) is 47.4 Å². The van der Waals surface area contributed by atoms with Gasteiger partial charge in [0.15, 0.2) is 11.6 Å². The molecule has 2 aromatic carbocycles. The average molecular weight is 382 g/mol. The van der Waals surface area contributed by atoms with Crippen molar-refractivity contribution >= 4 is 21.6 Å². The lowest BCUT2D eigenvalue weighted by Crippen LogP contribution is -2.28. The Morgan fingerprint density at radius 3 is 2.54 bits per heavy atom. The molecule has 7 nitrogen and oxygen atoms in total. The SMILES string of the molecule is COCCNC(=O)c1ccccc1NS(=O)(=O)c1ccc(OC)c(F)c1. The maximum Gasteiger partial charge on any atom is 0.262 e. The van der Waals surface area contributed by atoms with E-state index in [0.717, 1.165) is 6.07 Å². The zero-order chi connectivity index (χ0) is 19.2.